The molecule has 0 N–H and O–H groups in total. The molecule has 0 amide bonds. The molecule has 0 bridgehead atoms. The molecule has 0 aliphatic heterocycles. The van der Waals surface area contributed by atoms with Crippen LogP contribution in [0.1, 0.15) is 23.7 Å². The van der Waals surface area contributed by atoms with E-state index >= 15 is 0 Å². The van der Waals surface area contributed by atoms with Crippen molar-refractivity contribution in [3.05, 3.63) is 36.0 Å². The number of benzene rings is 1. The summed E-state index contributed by atoms with van der Waals surface area (Å²) in [6.45, 7) is 2.89. The lowest BCUT2D eigenvalue weighted by molar-refractivity contribution is 0.0914. The van der Waals surface area contributed by atoms with Crippen molar-refractivity contribution in [1.29, 1.82) is 0 Å². The predicted molar refractivity (Wildman–Crippen MR) is 75.1 cm³/mol. The largest absolute Gasteiger partial charge is 0.309 e. The van der Waals surface area contributed by atoms with Crippen molar-refractivity contribution in [2.24, 2.45) is 0 Å². The Labute approximate surface area is 108 Å². The molecule has 2 aromatic rings. The van der Waals surface area contributed by atoms with Gasteiger partial charge in [0.05, 0.1) is 5.52 Å². The van der Waals surface area contributed by atoms with Crippen LogP contribution < -0.4 is 0 Å². The molecule has 0 saturated carbocycles. The molecule has 1 aromatic heterocycles. The summed E-state index contributed by atoms with van der Waals surface area (Å²) in [4.78, 5) is 14.1. The van der Waals surface area contributed by atoms with Gasteiger partial charge in [-0.1, -0.05) is 25.1 Å². The van der Waals surface area contributed by atoms with Crippen LogP contribution in [0.4, 0.5) is 0 Å². The van der Waals surface area contributed by atoms with E-state index in [1.165, 1.54) is 10.9 Å². The van der Waals surface area contributed by atoms with Crippen LogP contribution in [-0.4, -0.2) is 36.0 Å². The Balaban J connectivity index is 2.44. The van der Waals surface area contributed by atoms with Crippen molar-refractivity contribution in [1.82, 2.24) is 9.47 Å². The molecule has 96 valence electrons. The van der Waals surface area contributed by atoms with Crippen LogP contribution in [0.25, 0.3) is 10.9 Å². The maximum absolute atomic E-state index is 11.9. The lowest BCUT2D eigenvalue weighted by atomic mass is 10.1. The van der Waals surface area contributed by atoms with E-state index < -0.39 is 0 Å². The fourth-order valence-electron chi connectivity index (χ4n) is 2.17. The van der Waals surface area contributed by atoms with Gasteiger partial charge in [-0.3, -0.25) is 9.36 Å². The highest BCUT2D eigenvalue weighted by atomic mass is 16.1. The van der Waals surface area contributed by atoms with Gasteiger partial charge in [-0.2, -0.15) is 0 Å². The summed E-state index contributed by atoms with van der Waals surface area (Å²) in [5.41, 5.74) is 2.28. The molecule has 0 atom stereocenters. The standard InChI is InChI=1S/C15H20N2O/c1-4-15(18)17-11-12(9-10-16(2)3)13-7-5-6-8-14(13)17/h5-8,11H,4,9-10H2,1-3H3. The zero-order valence-electron chi connectivity index (χ0n) is 11.3. The predicted octanol–water partition coefficient (Wildman–Crippen LogP) is 2.80. The lowest BCUT2D eigenvalue weighted by Crippen LogP contribution is -2.15. The van der Waals surface area contributed by atoms with E-state index in [4.69, 9.17) is 0 Å². The molecule has 1 aromatic carbocycles. The maximum Gasteiger partial charge on any atom is 0.230 e. The molecule has 2 rings (SSSR count). The summed E-state index contributed by atoms with van der Waals surface area (Å²) in [5.74, 6) is 0.155. The van der Waals surface area contributed by atoms with Crippen molar-refractivity contribution >= 4 is 16.8 Å². The van der Waals surface area contributed by atoms with Crippen LogP contribution in [0.3, 0.4) is 0 Å². The Hall–Kier alpha value is -1.61. The van der Waals surface area contributed by atoms with E-state index in [0.29, 0.717) is 6.42 Å². The van der Waals surface area contributed by atoms with Gasteiger partial charge >= 0.3 is 0 Å². The molecule has 0 aliphatic carbocycles. The summed E-state index contributed by atoms with van der Waals surface area (Å²) < 4.78 is 1.79. The summed E-state index contributed by atoms with van der Waals surface area (Å²) in [6.07, 6.45) is 3.50. The minimum atomic E-state index is 0.155. The molecule has 1 heterocycles. The highest BCUT2D eigenvalue weighted by molar-refractivity contribution is 5.94. The molecule has 0 radical (unpaired) electrons. The van der Waals surface area contributed by atoms with Crippen LogP contribution >= 0.6 is 0 Å². The van der Waals surface area contributed by atoms with Gasteiger partial charge in [-0.05, 0) is 32.1 Å². The van der Waals surface area contributed by atoms with Crippen LogP contribution in [0.2, 0.25) is 0 Å². The number of carbonyl (C=O) groups excluding carboxylic acids is 1. The Bertz CT molecular complexity index is 555. The molecular formula is C15H20N2O. The van der Waals surface area contributed by atoms with Gasteiger partial charge in [0.2, 0.25) is 5.91 Å². The first-order valence-electron chi connectivity index (χ1n) is 6.40. The van der Waals surface area contributed by atoms with Gasteiger partial charge in [0.25, 0.3) is 0 Å². The van der Waals surface area contributed by atoms with Crippen molar-refractivity contribution in [2.45, 2.75) is 19.8 Å². The molecule has 0 fully saturated rings. The third-order valence-electron chi connectivity index (χ3n) is 3.19. The van der Waals surface area contributed by atoms with Gasteiger partial charge in [0.15, 0.2) is 0 Å². The van der Waals surface area contributed by atoms with Crippen LogP contribution in [-0.2, 0) is 6.42 Å². The monoisotopic (exact) mass is 244 g/mol. The van der Waals surface area contributed by atoms with E-state index in [2.05, 4.69) is 25.1 Å². The van der Waals surface area contributed by atoms with Gasteiger partial charge in [-0.25, -0.2) is 0 Å². The van der Waals surface area contributed by atoms with E-state index in [-0.39, 0.29) is 5.91 Å². The molecule has 3 heteroatoms. The number of para-hydroxylation sites is 1. The zero-order chi connectivity index (χ0) is 13.1. The number of likely N-dealkylation sites (N-methyl/N-ethyl adjacent to an activating group) is 1. The molecule has 3 nitrogen and oxygen atoms in total. The molecule has 0 saturated heterocycles. The number of hydrogen-bond acceptors (Lipinski definition) is 2. The summed E-state index contributed by atoms with van der Waals surface area (Å²) in [5, 5.41) is 1.20. The molecule has 0 aliphatic rings. The number of fused-ring (bicyclic) bond motifs is 1. The topological polar surface area (TPSA) is 25.2 Å². The first-order valence-corrected chi connectivity index (χ1v) is 6.40. The van der Waals surface area contributed by atoms with Crippen molar-refractivity contribution in [2.75, 3.05) is 20.6 Å². The minimum absolute atomic E-state index is 0.155. The van der Waals surface area contributed by atoms with E-state index in [1.54, 1.807) is 4.57 Å². The normalized spacial score (nSPS) is 11.3. The summed E-state index contributed by atoms with van der Waals surface area (Å²) in [6, 6.07) is 8.13. The summed E-state index contributed by atoms with van der Waals surface area (Å²) >= 11 is 0. The molecular weight excluding hydrogens is 224 g/mol. The van der Waals surface area contributed by atoms with Gasteiger partial charge in [0, 0.05) is 24.5 Å². The Morgan fingerprint density at radius 3 is 2.67 bits per heavy atom. The highest BCUT2D eigenvalue weighted by Gasteiger charge is 2.11. The van der Waals surface area contributed by atoms with Crippen LogP contribution in [0.5, 0.6) is 0 Å². The Morgan fingerprint density at radius 1 is 1.28 bits per heavy atom. The van der Waals surface area contributed by atoms with E-state index in [0.717, 1.165) is 18.5 Å². The Morgan fingerprint density at radius 2 is 2.00 bits per heavy atom. The maximum atomic E-state index is 11.9. The average molecular weight is 244 g/mol. The van der Waals surface area contributed by atoms with E-state index in [1.807, 2.05) is 31.3 Å². The zero-order valence-corrected chi connectivity index (χ0v) is 11.3. The minimum Gasteiger partial charge on any atom is -0.309 e. The van der Waals surface area contributed by atoms with Crippen LogP contribution in [0, 0.1) is 0 Å². The van der Waals surface area contributed by atoms with Crippen molar-refractivity contribution < 1.29 is 4.79 Å². The SMILES string of the molecule is CCC(=O)n1cc(CCN(C)C)c2ccccc21. The second-order valence-electron chi connectivity index (χ2n) is 4.84. The highest BCUT2D eigenvalue weighted by Crippen LogP contribution is 2.22. The number of rotatable bonds is 4. The lowest BCUT2D eigenvalue weighted by Gasteiger charge is -2.07. The molecule has 18 heavy (non-hydrogen) atoms. The van der Waals surface area contributed by atoms with Gasteiger partial charge in [0.1, 0.15) is 0 Å². The van der Waals surface area contributed by atoms with Crippen molar-refractivity contribution in [3.8, 4) is 0 Å². The third-order valence-corrected chi connectivity index (χ3v) is 3.19. The number of hydrogen-bond donors (Lipinski definition) is 0. The fraction of sp³-hybridized carbons (Fsp3) is 0.400. The number of nitrogens with zero attached hydrogens (tertiary/aromatic N) is 2. The van der Waals surface area contributed by atoms with Crippen molar-refractivity contribution in [3.63, 3.8) is 0 Å². The number of aromatic nitrogens is 1. The molecule has 0 unspecified atom stereocenters. The quantitative estimate of drug-likeness (QED) is 0.826. The van der Waals surface area contributed by atoms with Gasteiger partial charge < -0.3 is 4.90 Å². The average Bonchev–Trinajstić information content (AvgIpc) is 2.74. The number of carbonyl (C=O) groups is 1. The fourth-order valence-corrected chi connectivity index (χ4v) is 2.17. The summed E-state index contributed by atoms with van der Waals surface area (Å²) in [7, 11) is 4.13. The smallest absolute Gasteiger partial charge is 0.230 e. The van der Waals surface area contributed by atoms with Gasteiger partial charge in [-0.15, -0.1) is 0 Å². The second kappa shape index (κ2) is 5.36. The molecule has 0 spiro atoms. The van der Waals surface area contributed by atoms with Crippen LogP contribution in [0.15, 0.2) is 30.5 Å². The second-order valence-corrected chi connectivity index (χ2v) is 4.84. The first kappa shape index (κ1) is 12.8. The third kappa shape index (κ3) is 2.46. The first-order chi connectivity index (χ1) is 8.63. The Kier molecular flexibility index (Phi) is 3.82. The van der Waals surface area contributed by atoms with E-state index in [9.17, 15) is 4.79 Å².